The van der Waals surface area contributed by atoms with Gasteiger partial charge in [0, 0.05) is 17.1 Å². The number of rotatable bonds is 15. The lowest BCUT2D eigenvalue weighted by molar-refractivity contribution is -0.148. The summed E-state index contributed by atoms with van der Waals surface area (Å²) in [4.78, 5) is 49.8. The van der Waals surface area contributed by atoms with Crippen LogP contribution in [0.1, 0.15) is 22.3 Å². The molecule has 0 N–H and O–H groups in total. The molecule has 0 radical (unpaired) electrons. The molecule has 0 saturated heterocycles. The van der Waals surface area contributed by atoms with Gasteiger partial charge in [-0.25, -0.2) is 24.2 Å². The Morgan fingerprint density at radius 1 is 0.564 bits per heavy atom. The highest BCUT2D eigenvalue weighted by molar-refractivity contribution is 6.13. The first kappa shape index (κ1) is 38.9. The van der Waals surface area contributed by atoms with Crippen LogP contribution in [0.25, 0.3) is 0 Å². The molecular formula is C44H39N3O8. The first-order valence-corrected chi connectivity index (χ1v) is 17.0. The van der Waals surface area contributed by atoms with Gasteiger partial charge in [0.1, 0.15) is 24.4 Å². The molecule has 0 aliphatic rings. The normalized spacial score (nSPS) is 10.6. The summed E-state index contributed by atoms with van der Waals surface area (Å²) in [5.74, 6) is -3.45. The molecule has 0 saturated carbocycles. The summed E-state index contributed by atoms with van der Waals surface area (Å²) in [6, 6.07) is 40.6. The molecule has 11 heteroatoms. The second-order valence-corrected chi connectivity index (χ2v) is 12.0. The topological polar surface area (TPSA) is 124 Å². The molecule has 0 spiro atoms. The summed E-state index contributed by atoms with van der Waals surface area (Å²) in [6.45, 7) is 8.72. The Morgan fingerprint density at radius 2 is 0.982 bits per heavy atom. The van der Waals surface area contributed by atoms with E-state index in [-0.39, 0.29) is 13.2 Å². The molecule has 0 aliphatic carbocycles. The van der Waals surface area contributed by atoms with E-state index in [9.17, 15) is 19.2 Å². The summed E-state index contributed by atoms with van der Waals surface area (Å²) >= 11 is 0. The maximum absolute atomic E-state index is 12.2. The number of nitrogens with zero attached hydrogens (tertiary/aromatic N) is 3. The fraction of sp³-hybridized carbons (Fsp3) is 0.114. The molecule has 0 fully saturated rings. The summed E-state index contributed by atoms with van der Waals surface area (Å²) in [7, 11) is 2.32. The minimum absolute atomic E-state index is 0.0823. The van der Waals surface area contributed by atoms with Gasteiger partial charge in [-0.1, -0.05) is 79.9 Å². The van der Waals surface area contributed by atoms with E-state index in [1.807, 2.05) is 144 Å². The smallest absolute Gasteiger partial charge is 0.345 e. The number of carbonyl (C=O) groups is 4. The number of carbonyl (C=O) groups excluding carboxylic acids is 4. The molecule has 0 amide bonds. The second kappa shape index (κ2) is 18.5. The molecule has 278 valence electrons. The van der Waals surface area contributed by atoms with E-state index in [0.29, 0.717) is 11.1 Å². The SMILES string of the molecule is C=C(C(=O)OC)C(=O)OCc1ccc(N(c2ccc(COC(=O)C(=C)C(=O)OC)cc2)c2ccc(C=NN(c3ccccc3)c3ccccc3)c(C)c2)cc1. The van der Waals surface area contributed by atoms with Crippen molar-refractivity contribution in [3.05, 3.63) is 174 Å². The predicted octanol–water partition coefficient (Wildman–Crippen LogP) is 8.18. The highest BCUT2D eigenvalue weighted by Gasteiger charge is 2.20. The van der Waals surface area contributed by atoms with Crippen molar-refractivity contribution in [2.45, 2.75) is 20.1 Å². The number of hydrogen-bond acceptors (Lipinski definition) is 11. The molecule has 5 rings (SSSR count). The van der Waals surface area contributed by atoms with Crippen LogP contribution in [0, 0.1) is 6.92 Å². The van der Waals surface area contributed by atoms with Crippen molar-refractivity contribution < 1.29 is 38.1 Å². The Balaban J connectivity index is 1.42. The van der Waals surface area contributed by atoms with Crippen molar-refractivity contribution in [3.8, 4) is 0 Å². The molecule has 0 unspecified atom stereocenters. The average molecular weight is 738 g/mol. The van der Waals surface area contributed by atoms with E-state index in [1.165, 1.54) is 0 Å². The monoisotopic (exact) mass is 737 g/mol. The average Bonchev–Trinajstić information content (AvgIpc) is 3.23. The van der Waals surface area contributed by atoms with Gasteiger partial charge in [-0.3, -0.25) is 0 Å². The van der Waals surface area contributed by atoms with Gasteiger partial charge in [0.2, 0.25) is 0 Å². The number of para-hydroxylation sites is 2. The molecule has 0 heterocycles. The molecule has 0 aliphatic heterocycles. The number of esters is 4. The molecule has 0 bridgehead atoms. The van der Waals surface area contributed by atoms with E-state index in [1.54, 1.807) is 0 Å². The van der Waals surface area contributed by atoms with Gasteiger partial charge < -0.3 is 23.8 Å². The molecule has 5 aromatic rings. The minimum Gasteiger partial charge on any atom is -0.465 e. The molecule has 11 nitrogen and oxygen atoms in total. The third kappa shape index (κ3) is 9.99. The number of benzene rings is 5. The fourth-order valence-electron chi connectivity index (χ4n) is 5.30. The Labute approximate surface area is 319 Å². The lowest BCUT2D eigenvalue weighted by atomic mass is 10.1. The first-order valence-electron chi connectivity index (χ1n) is 17.0. The van der Waals surface area contributed by atoms with Crippen molar-refractivity contribution >= 4 is 58.5 Å². The van der Waals surface area contributed by atoms with Crippen LogP contribution < -0.4 is 9.91 Å². The lowest BCUT2D eigenvalue weighted by Gasteiger charge is -2.26. The Hall–Kier alpha value is -7.27. The van der Waals surface area contributed by atoms with E-state index >= 15 is 0 Å². The molecule has 5 aromatic carbocycles. The van der Waals surface area contributed by atoms with Crippen LogP contribution in [0.4, 0.5) is 28.4 Å². The van der Waals surface area contributed by atoms with Crippen molar-refractivity contribution in [1.82, 2.24) is 0 Å². The van der Waals surface area contributed by atoms with Gasteiger partial charge in [-0.2, -0.15) is 5.10 Å². The zero-order chi connectivity index (χ0) is 39.3. The van der Waals surface area contributed by atoms with Gasteiger partial charge in [0.15, 0.2) is 0 Å². The van der Waals surface area contributed by atoms with Crippen molar-refractivity contribution in [3.63, 3.8) is 0 Å². The quantitative estimate of drug-likeness (QED) is 0.0198. The minimum atomic E-state index is -0.868. The van der Waals surface area contributed by atoms with Gasteiger partial charge in [0.25, 0.3) is 0 Å². The van der Waals surface area contributed by atoms with Gasteiger partial charge in [-0.15, -0.1) is 0 Å². The zero-order valence-corrected chi connectivity index (χ0v) is 30.6. The van der Waals surface area contributed by atoms with Crippen LogP contribution in [0.5, 0.6) is 0 Å². The molecule has 0 atom stereocenters. The van der Waals surface area contributed by atoms with Crippen LogP contribution in [0.15, 0.2) is 157 Å². The van der Waals surface area contributed by atoms with E-state index < -0.39 is 35.0 Å². The Kier molecular flexibility index (Phi) is 13.1. The van der Waals surface area contributed by atoms with Crippen LogP contribution >= 0.6 is 0 Å². The van der Waals surface area contributed by atoms with E-state index in [4.69, 9.17) is 14.6 Å². The van der Waals surface area contributed by atoms with Crippen LogP contribution in [0.2, 0.25) is 0 Å². The standard InChI is InChI=1S/C44H39N3O8/c1-30-26-40(25-20-35(30)27-45-47(38-12-8-6-9-13-38)39-14-10-7-11-15-39)46(36-21-16-33(17-22-36)28-54-43(50)31(2)41(48)52-4)37-23-18-34(19-24-37)29-55-44(51)32(3)42(49)53-5/h6-27H,2-3,28-29H2,1,4-5H3. The number of methoxy groups -OCH3 is 2. The highest BCUT2D eigenvalue weighted by atomic mass is 16.6. The zero-order valence-electron chi connectivity index (χ0n) is 30.6. The summed E-state index contributed by atoms with van der Waals surface area (Å²) in [5, 5.41) is 6.76. The van der Waals surface area contributed by atoms with Crippen molar-refractivity contribution in [1.29, 1.82) is 0 Å². The Bertz CT molecular complexity index is 2070. The summed E-state index contributed by atoms with van der Waals surface area (Å²) in [5.41, 5.74) is 6.74. The first-order chi connectivity index (χ1) is 26.6. The maximum atomic E-state index is 12.2. The van der Waals surface area contributed by atoms with Crippen LogP contribution in [-0.2, 0) is 51.3 Å². The third-order valence-electron chi connectivity index (χ3n) is 8.31. The second-order valence-electron chi connectivity index (χ2n) is 12.0. The Morgan fingerprint density at radius 3 is 1.38 bits per heavy atom. The van der Waals surface area contributed by atoms with Gasteiger partial charge >= 0.3 is 23.9 Å². The number of ether oxygens (including phenoxy) is 4. The van der Waals surface area contributed by atoms with E-state index in [0.717, 1.165) is 53.8 Å². The summed E-state index contributed by atoms with van der Waals surface area (Å²) < 4.78 is 19.6. The van der Waals surface area contributed by atoms with Gasteiger partial charge in [0.05, 0.1) is 31.8 Å². The maximum Gasteiger partial charge on any atom is 0.345 e. The highest BCUT2D eigenvalue weighted by Crippen LogP contribution is 2.36. The van der Waals surface area contributed by atoms with Crippen molar-refractivity contribution in [2.24, 2.45) is 5.10 Å². The van der Waals surface area contributed by atoms with Crippen LogP contribution in [0.3, 0.4) is 0 Å². The van der Waals surface area contributed by atoms with Crippen LogP contribution in [-0.4, -0.2) is 44.3 Å². The fourth-order valence-corrected chi connectivity index (χ4v) is 5.30. The molecular weight excluding hydrogens is 698 g/mol. The molecule has 0 aromatic heterocycles. The summed E-state index contributed by atoms with van der Waals surface area (Å²) in [6.07, 6.45) is 1.83. The van der Waals surface area contributed by atoms with Crippen molar-refractivity contribution in [2.75, 3.05) is 24.1 Å². The lowest BCUT2D eigenvalue weighted by Crippen LogP contribution is -2.16. The number of hydrogen-bond donors (Lipinski definition) is 0. The molecule has 55 heavy (non-hydrogen) atoms. The largest absolute Gasteiger partial charge is 0.465 e. The van der Waals surface area contributed by atoms with E-state index in [2.05, 4.69) is 28.7 Å². The third-order valence-corrected chi connectivity index (χ3v) is 8.31. The van der Waals surface area contributed by atoms with Gasteiger partial charge in [-0.05, 0) is 89.8 Å². The number of anilines is 5. The predicted molar refractivity (Wildman–Crippen MR) is 210 cm³/mol. The number of aryl methyl sites for hydroxylation is 1. The number of hydrazone groups is 1.